The second-order valence-corrected chi connectivity index (χ2v) is 5.83. The number of hydrogen-bond donors (Lipinski definition) is 2. The van der Waals surface area contributed by atoms with Crippen molar-refractivity contribution >= 4 is 17.6 Å². The number of carbonyl (C=O) groups excluding carboxylic acids is 2. The van der Waals surface area contributed by atoms with Crippen LogP contribution in [0, 0.1) is 0 Å². The van der Waals surface area contributed by atoms with E-state index in [-0.39, 0.29) is 18.4 Å². The highest BCUT2D eigenvalue weighted by molar-refractivity contribution is 5.93. The Morgan fingerprint density at radius 2 is 2.13 bits per heavy atom. The van der Waals surface area contributed by atoms with Crippen molar-refractivity contribution in [2.75, 3.05) is 18.5 Å². The molecule has 1 fully saturated rings. The van der Waals surface area contributed by atoms with Gasteiger partial charge in [-0.2, -0.15) is 0 Å². The Balaban J connectivity index is 1.82. The lowest BCUT2D eigenvalue weighted by atomic mass is 10.1. The van der Waals surface area contributed by atoms with E-state index in [1.54, 1.807) is 5.32 Å². The molecule has 1 saturated heterocycles. The number of hydrogen-bond acceptors (Lipinski definition) is 4. The molecule has 0 aromatic heterocycles. The molecular formula is C17H24N2O4. The zero-order valence-electron chi connectivity index (χ0n) is 13.4. The highest BCUT2D eigenvalue weighted by atomic mass is 16.5. The summed E-state index contributed by atoms with van der Waals surface area (Å²) in [5.74, 6) is -1.55. The number of aliphatic carboxylic acids is 1. The summed E-state index contributed by atoms with van der Waals surface area (Å²) in [7, 11) is 0. The lowest BCUT2D eigenvalue weighted by Gasteiger charge is -2.18. The predicted octanol–water partition coefficient (Wildman–Crippen LogP) is -0.561. The zero-order chi connectivity index (χ0) is 16.7. The SMILES string of the molecule is CCc1ccc(NC(=O)C[C@H]([NH2+]C[C@H]2CCCO2)C(=O)[O-])cc1. The van der Waals surface area contributed by atoms with E-state index >= 15 is 0 Å². The molecule has 2 rings (SSSR count). The smallest absolute Gasteiger partial charge is 0.230 e. The van der Waals surface area contributed by atoms with Gasteiger partial charge in [0.2, 0.25) is 5.91 Å². The maximum atomic E-state index is 12.0. The van der Waals surface area contributed by atoms with Crippen LogP contribution in [0.25, 0.3) is 0 Å². The number of anilines is 1. The molecule has 1 heterocycles. The van der Waals surface area contributed by atoms with Crippen molar-refractivity contribution in [3.63, 3.8) is 0 Å². The van der Waals surface area contributed by atoms with Crippen LogP contribution in [0.1, 0.15) is 31.7 Å². The molecule has 2 atom stereocenters. The number of quaternary nitrogens is 1. The lowest BCUT2D eigenvalue weighted by molar-refractivity contribution is -0.687. The number of aryl methyl sites for hydroxylation is 1. The molecule has 126 valence electrons. The predicted molar refractivity (Wildman–Crippen MR) is 83.6 cm³/mol. The average molecular weight is 320 g/mol. The number of amides is 1. The third-order valence-electron chi connectivity index (χ3n) is 4.06. The van der Waals surface area contributed by atoms with Gasteiger partial charge in [-0.3, -0.25) is 4.79 Å². The molecule has 1 aliphatic heterocycles. The van der Waals surface area contributed by atoms with Crippen LogP contribution < -0.4 is 15.7 Å². The number of carboxylic acids is 1. The van der Waals surface area contributed by atoms with Gasteiger partial charge >= 0.3 is 0 Å². The number of ether oxygens (including phenoxy) is 1. The fourth-order valence-electron chi connectivity index (χ4n) is 2.64. The Labute approximate surface area is 136 Å². The Morgan fingerprint density at radius 3 is 2.70 bits per heavy atom. The molecule has 1 aliphatic rings. The molecule has 0 aliphatic carbocycles. The number of carbonyl (C=O) groups is 2. The van der Waals surface area contributed by atoms with Crippen LogP contribution in [0.4, 0.5) is 5.69 Å². The van der Waals surface area contributed by atoms with Crippen LogP contribution >= 0.6 is 0 Å². The molecule has 0 spiro atoms. The second-order valence-electron chi connectivity index (χ2n) is 5.83. The normalized spacial score (nSPS) is 18.6. The summed E-state index contributed by atoms with van der Waals surface area (Å²) in [6, 6.07) is 6.63. The van der Waals surface area contributed by atoms with Crippen molar-refractivity contribution in [2.45, 2.75) is 44.8 Å². The maximum Gasteiger partial charge on any atom is 0.230 e. The van der Waals surface area contributed by atoms with E-state index in [4.69, 9.17) is 4.74 Å². The molecule has 0 unspecified atom stereocenters. The van der Waals surface area contributed by atoms with Crippen molar-refractivity contribution in [1.82, 2.24) is 0 Å². The minimum atomic E-state index is -1.22. The summed E-state index contributed by atoms with van der Waals surface area (Å²) >= 11 is 0. The van der Waals surface area contributed by atoms with Crippen molar-refractivity contribution in [3.8, 4) is 0 Å². The van der Waals surface area contributed by atoms with Crippen LogP contribution in [0.2, 0.25) is 0 Å². The molecule has 6 nitrogen and oxygen atoms in total. The summed E-state index contributed by atoms with van der Waals surface area (Å²) < 4.78 is 5.46. The van der Waals surface area contributed by atoms with E-state index in [1.165, 1.54) is 5.56 Å². The van der Waals surface area contributed by atoms with E-state index in [9.17, 15) is 14.7 Å². The van der Waals surface area contributed by atoms with Crippen molar-refractivity contribution in [2.24, 2.45) is 0 Å². The Hall–Kier alpha value is -1.92. The van der Waals surface area contributed by atoms with E-state index in [0.717, 1.165) is 25.9 Å². The van der Waals surface area contributed by atoms with Gasteiger partial charge in [-0.15, -0.1) is 0 Å². The van der Waals surface area contributed by atoms with E-state index < -0.39 is 12.0 Å². The second kappa shape index (κ2) is 8.64. The van der Waals surface area contributed by atoms with Gasteiger partial charge < -0.3 is 25.3 Å². The summed E-state index contributed by atoms with van der Waals surface area (Å²) in [5, 5.41) is 15.6. The number of nitrogens with two attached hydrogens (primary N) is 1. The first-order valence-electron chi connectivity index (χ1n) is 8.13. The number of rotatable bonds is 8. The number of nitrogens with one attached hydrogen (secondary N) is 1. The molecule has 0 saturated carbocycles. The van der Waals surface area contributed by atoms with Gasteiger partial charge in [0, 0.05) is 12.3 Å². The minimum absolute atomic E-state index is 0.0708. The van der Waals surface area contributed by atoms with Crippen LogP contribution in [-0.4, -0.2) is 37.2 Å². The van der Waals surface area contributed by atoms with Gasteiger partial charge in [-0.05, 0) is 37.0 Å². The minimum Gasteiger partial charge on any atom is -0.544 e. The third-order valence-corrected chi connectivity index (χ3v) is 4.06. The van der Waals surface area contributed by atoms with E-state index in [1.807, 2.05) is 24.3 Å². The first-order valence-corrected chi connectivity index (χ1v) is 8.13. The topological polar surface area (TPSA) is 95.1 Å². The van der Waals surface area contributed by atoms with Crippen LogP contribution in [0.5, 0.6) is 0 Å². The highest BCUT2D eigenvalue weighted by Crippen LogP contribution is 2.11. The molecule has 1 aromatic rings. The van der Waals surface area contributed by atoms with Crippen molar-refractivity contribution < 1.29 is 24.7 Å². The molecule has 1 aromatic carbocycles. The van der Waals surface area contributed by atoms with E-state index in [2.05, 4.69) is 12.2 Å². The van der Waals surface area contributed by atoms with Crippen molar-refractivity contribution in [3.05, 3.63) is 29.8 Å². The van der Waals surface area contributed by atoms with Gasteiger partial charge in [0.15, 0.2) is 0 Å². The number of benzene rings is 1. The van der Waals surface area contributed by atoms with Crippen LogP contribution in [0.15, 0.2) is 24.3 Å². The molecule has 0 bridgehead atoms. The van der Waals surface area contributed by atoms with E-state index in [0.29, 0.717) is 12.2 Å². The molecule has 23 heavy (non-hydrogen) atoms. The molecule has 6 heteroatoms. The summed E-state index contributed by atoms with van der Waals surface area (Å²) in [6.45, 7) is 3.32. The molecule has 0 radical (unpaired) electrons. The Bertz CT molecular complexity index is 524. The molecule has 3 N–H and O–H groups in total. The van der Waals surface area contributed by atoms with Gasteiger partial charge in [0.25, 0.3) is 0 Å². The molecule has 1 amide bonds. The van der Waals surface area contributed by atoms with Crippen LogP contribution in [0.3, 0.4) is 0 Å². The van der Waals surface area contributed by atoms with Gasteiger partial charge in [-0.1, -0.05) is 19.1 Å². The van der Waals surface area contributed by atoms with Gasteiger partial charge in [-0.25, -0.2) is 0 Å². The lowest BCUT2D eigenvalue weighted by Crippen LogP contribution is -2.94. The fourth-order valence-corrected chi connectivity index (χ4v) is 2.64. The largest absolute Gasteiger partial charge is 0.544 e. The Morgan fingerprint density at radius 1 is 1.39 bits per heavy atom. The first kappa shape index (κ1) is 17.4. The highest BCUT2D eigenvalue weighted by Gasteiger charge is 2.23. The maximum absolute atomic E-state index is 12.0. The van der Waals surface area contributed by atoms with Crippen molar-refractivity contribution in [1.29, 1.82) is 0 Å². The fraction of sp³-hybridized carbons (Fsp3) is 0.529. The summed E-state index contributed by atoms with van der Waals surface area (Å²) in [5.41, 5.74) is 1.85. The summed E-state index contributed by atoms with van der Waals surface area (Å²) in [6.07, 6.45) is 2.82. The van der Waals surface area contributed by atoms with Gasteiger partial charge in [0.05, 0.1) is 12.4 Å². The quantitative estimate of drug-likeness (QED) is 0.671. The third kappa shape index (κ3) is 5.65. The number of carboxylic acid groups (broad SMARTS) is 1. The average Bonchev–Trinajstić information content (AvgIpc) is 3.05. The Kier molecular flexibility index (Phi) is 6.55. The first-order chi connectivity index (χ1) is 11.1. The summed E-state index contributed by atoms with van der Waals surface area (Å²) in [4.78, 5) is 23.2. The standard InChI is InChI=1S/C17H24N2O4/c1-2-12-5-7-13(8-6-12)19-16(20)10-15(17(21)22)18-11-14-4-3-9-23-14/h5-8,14-15,18H,2-4,9-11H2,1H3,(H,19,20)(H,21,22)/t14-,15+/m1/s1. The van der Waals surface area contributed by atoms with Crippen LogP contribution in [-0.2, 0) is 20.7 Å². The zero-order valence-corrected chi connectivity index (χ0v) is 13.4. The monoisotopic (exact) mass is 320 g/mol. The molecular weight excluding hydrogens is 296 g/mol. The van der Waals surface area contributed by atoms with Gasteiger partial charge in [0.1, 0.15) is 18.7 Å².